The van der Waals surface area contributed by atoms with Gasteiger partial charge in [0.1, 0.15) is 0 Å². The molecule has 4 rings (SSSR count). The predicted octanol–water partition coefficient (Wildman–Crippen LogP) is 4.57. The van der Waals surface area contributed by atoms with Crippen LogP contribution in [0.25, 0.3) is 0 Å². The summed E-state index contributed by atoms with van der Waals surface area (Å²) in [7, 11) is 0. The van der Waals surface area contributed by atoms with Gasteiger partial charge in [-0.05, 0) is 42.7 Å². The molecule has 0 radical (unpaired) electrons. The standard InChI is InChI=1S/C27H37N3O4S/c1-25(2,3)23(34)30-24-29-22-17(13-21(33)28-16-9-7-6-8-10-16)26(4)12-11-20(32)27(5,15-31)19(26)14-18(22)35-24/h6-10,17,19-20,31-32H,11-15H2,1-5H3,(H,28,33)(H,29,30,34)/t17-,19+,20-,26+,27+/m1/s1. The van der Waals surface area contributed by atoms with Crippen molar-refractivity contribution in [2.75, 3.05) is 17.2 Å². The topological polar surface area (TPSA) is 112 Å². The van der Waals surface area contributed by atoms with Gasteiger partial charge >= 0.3 is 0 Å². The first kappa shape index (κ1) is 25.8. The second kappa shape index (κ2) is 9.30. The lowest BCUT2D eigenvalue weighted by Gasteiger charge is -2.58. The first-order valence-electron chi connectivity index (χ1n) is 12.3. The van der Waals surface area contributed by atoms with E-state index in [1.165, 1.54) is 11.3 Å². The number of fused-ring (bicyclic) bond motifs is 2. The van der Waals surface area contributed by atoms with Crippen molar-refractivity contribution in [3.05, 3.63) is 40.9 Å². The van der Waals surface area contributed by atoms with Crippen molar-refractivity contribution in [3.8, 4) is 0 Å². The summed E-state index contributed by atoms with van der Waals surface area (Å²) in [6, 6.07) is 9.38. The Kier molecular flexibility index (Phi) is 6.85. The Bertz CT molecular complexity index is 1100. The van der Waals surface area contributed by atoms with Crippen molar-refractivity contribution in [1.29, 1.82) is 0 Å². The predicted molar refractivity (Wildman–Crippen MR) is 138 cm³/mol. The number of thiazole rings is 1. The van der Waals surface area contributed by atoms with Gasteiger partial charge in [-0.1, -0.05) is 52.8 Å². The van der Waals surface area contributed by atoms with Gasteiger partial charge in [0, 0.05) is 33.7 Å². The van der Waals surface area contributed by atoms with E-state index in [-0.39, 0.29) is 42.1 Å². The highest BCUT2D eigenvalue weighted by molar-refractivity contribution is 7.15. The normalized spacial score (nSPS) is 30.2. The molecule has 2 aliphatic rings. The van der Waals surface area contributed by atoms with Crippen molar-refractivity contribution >= 4 is 34.0 Å². The van der Waals surface area contributed by atoms with Crippen molar-refractivity contribution in [1.82, 2.24) is 4.98 Å². The maximum Gasteiger partial charge on any atom is 0.231 e. The number of para-hydroxylation sites is 1. The Hall–Kier alpha value is -2.29. The molecular weight excluding hydrogens is 462 g/mol. The summed E-state index contributed by atoms with van der Waals surface area (Å²) < 4.78 is 0. The molecule has 2 amide bonds. The number of rotatable bonds is 5. The first-order chi connectivity index (χ1) is 16.4. The molecule has 35 heavy (non-hydrogen) atoms. The molecule has 2 aromatic rings. The summed E-state index contributed by atoms with van der Waals surface area (Å²) in [6.45, 7) is 9.57. The van der Waals surface area contributed by atoms with E-state index in [1.807, 2.05) is 58.0 Å². The van der Waals surface area contributed by atoms with Gasteiger partial charge in [-0.25, -0.2) is 4.98 Å². The number of hydrogen-bond donors (Lipinski definition) is 4. The fraction of sp³-hybridized carbons (Fsp3) is 0.593. The lowest BCUT2D eigenvalue weighted by atomic mass is 9.47. The molecule has 0 aliphatic heterocycles. The quantitative estimate of drug-likeness (QED) is 0.481. The van der Waals surface area contributed by atoms with E-state index < -0.39 is 16.9 Å². The third-order valence-electron chi connectivity index (χ3n) is 8.24. The zero-order chi connectivity index (χ0) is 25.6. The smallest absolute Gasteiger partial charge is 0.231 e. The maximum atomic E-state index is 13.2. The summed E-state index contributed by atoms with van der Waals surface area (Å²) in [5.41, 5.74) is 0.0268. The summed E-state index contributed by atoms with van der Waals surface area (Å²) in [6.07, 6.45) is 1.58. The molecule has 0 bridgehead atoms. The molecule has 0 saturated heterocycles. The molecule has 1 heterocycles. The largest absolute Gasteiger partial charge is 0.396 e. The minimum Gasteiger partial charge on any atom is -0.396 e. The van der Waals surface area contributed by atoms with Crippen LogP contribution in [0.15, 0.2) is 30.3 Å². The Labute approximate surface area is 211 Å². The van der Waals surface area contributed by atoms with Crippen molar-refractivity contribution in [2.45, 2.75) is 72.3 Å². The number of aromatic nitrogens is 1. The summed E-state index contributed by atoms with van der Waals surface area (Å²) in [5.74, 6) is -0.437. The molecule has 0 unspecified atom stereocenters. The molecule has 1 saturated carbocycles. The van der Waals surface area contributed by atoms with Crippen LogP contribution in [0.2, 0.25) is 0 Å². The van der Waals surface area contributed by atoms with Crippen LogP contribution in [0.1, 0.15) is 70.4 Å². The van der Waals surface area contributed by atoms with E-state index >= 15 is 0 Å². The number of carbonyl (C=O) groups excluding carboxylic acids is 2. The summed E-state index contributed by atoms with van der Waals surface area (Å²) in [5, 5.41) is 27.8. The van der Waals surface area contributed by atoms with E-state index in [0.717, 1.165) is 22.7 Å². The van der Waals surface area contributed by atoms with Gasteiger partial charge in [0.05, 0.1) is 18.4 Å². The second-order valence-electron chi connectivity index (χ2n) is 11.7. The van der Waals surface area contributed by atoms with Crippen molar-refractivity contribution in [2.24, 2.45) is 22.2 Å². The van der Waals surface area contributed by atoms with Crippen LogP contribution in [0.3, 0.4) is 0 Å². The zero-order valence-electron chi connectivity index (χ0n) is 21.2. The number of benzene rings is 1. The molecule has 0 spiro atoms. The Morgan fingerprint density at radius 3 is 2.49 bits per heavy atom. The van der Waals surface area contributed by atoms with E-state index in [4.69, 9.17) is 4.98 Å². The molecular formula is C27H37N3O4S. The van der Waals surface area contributed by atoms with E-state index in [9.17, 15) is 19.8 Å². The lowest BCUT2D eigenvalue weighted by molar-refractivity contribution is -0.143. The highest BCUT2D eigenvalue weighted by Crippen LogP contribution is 2.62. The van der Waals surface area contributed by atoms with Crippen molar-refractivity contribution in [3.63, 3.8) is 0 Å². The van der Waals surface area contributed by atoms with E-state index in [0.29, 0.717) is 18.0 Å². The molecule has 5 atom stereocenters. The van der Waals surface area contributed by atoms with Gasteiger partial charge in [0.15, 0.2) is 5.13 Å². The van der Waals surface area contributed by atoms with E-state index in [1.54, 1.807) is 0 Å². The number of aliphatic hydroxyl groups excluding tert-OH is 2. The molecule has 4 N–H and O–H groups in total. The van der Waals surface area contributed by atoms with Gasteiger partial charge in [-0.3, -0.25) is 9.59 Å². The maximum absolute atomic E-state index is 13.2. The third kappa shape index (κ3) is 4.76. The zero-order valence-corrected chi connectivity index (χ0v) is 22.0. The fourth-order valence-corrected chi connectivity index (χ4v) is 6.97. The highest BCUT2D eigenvalue weighted by Gasteiger charge is 2.59. The van der Waals surface area contributed by atoms with Gasteiger partial charge in [-0.15, -0.1) is 11.3 Å². The van der Waals surface area contributed by atoms with Crippen LogP contribution >= 0.6 is 11.3 Å². The van der Waals surface area contributed by atoms with Crippen LogP contribution in [0.5, 0.6) is 0 Å². The molecule has 8 heteroatoms. The number of nitrogens with one attached hydrogen (secondary N) is 2. The average Bonchev–Trinajstić information content (AvgIpc) is 3.20. The van der Waals surface area contributed by atoms with E-state index in [2.05, 4.69) is 17.6 Å². The number of hydrogen-bond acceptors (Lipinski definition) is 6. The lowest BCUT2D eigenvalue weighted by Crippen LogP contribution is -2.57. The molecule has 190 valence electrons. The molecule has 2 aliphatic carbocycles. The number of anilines is 2. The van der Waals surface area contributed by atoms with Crippen LogP contribution < -0.4 is 10.6 Å². The summed E-state index contributed by atoms with van der Waals surface area (Å²) >= 11 is 1.44. The minimum atomic E-state index is -0.683. The molecule has 1 aromatic heterocycles. The van der Waals surface area contributed by atoms with Crippen molar-refractivity contribution < 1.29 is 19.8 Å². The minimum absolute atomic E-state index is 0.0302. The van der Waals surface area contributed by atoms with Crippen LogP contribution in [-0.4, -0.2) is 39.7 Å². The Morgan fingerprint density at radius 2 is 1.86 bits per heavy atom. The molecule has 1 fully saturated rings. The van der Waals surface area contributed by atoms with Gasteiger partial charge in [-0.2, -0.15) is 0 Å². The van der Waals surface area contributed by atoms with Gasteiger partial charge in [0.25, 0.3) is 0 Å². The van der Waals surface area contributed by atoms with Crippen LogP contribution in [0, 0.1) is 22.2 Å². The molecule has 1 aromatic carbocycles. The number of aliphatic hydroxyl groups is 2. The third-order valence-corrected chi connectivity index (χ3v) is 9.25. The number of carbonyl (C=O) groups is 2. The Balaban J connectivity index is 1.72. The van der Waals surface area contributed by atoms with Gasteiger partial charge < -0.3 is 20.8 Å². The first-order valence-corrected chi connectivity index (χ1v) is 13.1. The summed E-state index contributed by atoms with van der Waals surface area (Å²) in [4.78, 5) is 31.7. The van der Waals surface area contributed by atoms with Gasteiger partial charge in [0.2, 0.25) is 11.8 Å². The number of nitrogens with zero attached hydrogens (tertiary/aromatic N) is 1. The number of amides is 2. The SMILES string of the molecule is CC(C)(C)C(=O)Nc1nc2c(s1)C[C@@H]1[C@](C)(CO)[C@H](O)CC[C@@]1(C)[C@@H]2CC(=O)Nc1ccccc1. The van der Waals surface area contributed by atoms with Crippen LogP contribution in [0.4, 0.5) is 10.8 Å². The molecule has 7 nitrogen and oxygen atoms in total. The monoisotopic (exact) mass is 499 g/mol. The highest BCUT2D eigenvalue weighted by atomic mass is 32.1. The fourth-order valence-electron chi connectivity index (χ4n) is 5.90. The Morgan fingerprint density at radius 1 is 1.17 bits per heavy atom. The van der Waals surface area contributed by atoms with Crippen LogP contribution in [-0.2, 0) is 16.0 Å². The average molecular weight is 500 g/mol. The second-order valence-corrected chi connectivity index (χ2v) is 12.8.